The lowest BCUT2D eigenvalue weighted by atomic mass is 10.2. The van der Waals surface area contributed by atoms with E-state index in [1.165, 1.54) is 11.3 Å². The van der Waals surface area contributed by atoms with Crippen molar-refractivity contribution in [2.75, 3.05) is 0 Å². The van der Waals surface area contributed by atoms with Gasteiger partial charge in [-0.05, 0) is 23.8 Å². The van der Waals surface area contributed by atoms with Crippen molar-refractivity contribution in [2.45, 2.75) is 6.54 Å². The van der Waals surface area contributed by atoms with Crippen LogP contribution in [0, 0.1) is 0 Å². The third-order valence-corrected chi connectivity index (χ3v) is 3.73. The van der Waals surface area contributed by atoms with Gasteiger partial charge in [0.15, 0.2) is 0 Å². The molecule has 0 atom stereocenters. The number of halogens is 1. The number of aromatic nitrogens is 1. The molecule has 0 unspecified atom stereocenters. The lowest BCUT2D eigenvalue weighted by Gasteiger charge is -1.91. The maximum atomic E-state index is 5.94. The predicted molar refractivity (Wildman–Crippen MR) is 79.3 cm³/mol. The maximum Gasteiger partial charge on any atom is 0.230 e. The van der Waals surface area contributed by atoms with Crippen molar-refractivity contribution in [1.82, 2.24) is 4.98 Å². The first-order valence-corrected chi connectivity index (χ1v) is 6.98. The Kier molecular flexibility index (Phi) is 3.53. The average molecular weight is 288 g/mol. The Balaban J connectivity index is 1.78. The van der Waals surface area contributed by atoms with Crippen LogP contribution >= 0.6 is 22.9 Å². The molecule has 0 aliphatic heterocycles. The molecule has 3 nitrogen and oxygen atoms in total. The third-order valence-electron chi connectivity index (χ3n) is 2.59. The molecule has 0 aliphatic rings. The summed E-state index contributed by atoms with van der Waals surface area (Å²) in [6.07, 6.45) is 0. The van der Waals surface area contributed by atoms with Gasteiger partial charge in [0.2, 0.25) is 5.13 Å². The summed E-state index contributed by atoms with van der Waals surface area (Å²) in [6.45, 7) is 0.567. The van der Waals surface area contributed by atoms with Gasteiger partial charge in [-0.25, -0.2) is 4.98 Å². The van der Waals surface area contributed by atoms with E-state index < -0.39 is 0 Å². The van der Waals surface area contributed by atoms with Crippen molar-refractivity contribution in [3.63, 3.8) is 0 Å². The molecule has 0 fully saturated rings. The molecule has 0 radical (unpaired) electrons. The van der Waals surface area contributed by atoms with Crippen LogP contribution < -0.4 is 0 Å². The van der Waals surface area contributed by atoms with Crippen LogP contribution in [0.3, 0.4) is 0 Å². The fraction of sp³-hybridized carbons (Fsp3) is 0.0714. The van der Waals surface area contributed by atoms with Crippen LogP contribution in [-0.4, -0.2) is 4.98 Å². The van der Waals surface area contributed by atoms with Crippen LogP contribution in [0.4, 0.5) is 5.13 Å². The Morgan fingerprint density at radius 3 is 2.79 bits per heavy atom. The molecule has 19 heavy (non-hydrogen) atoms. The molecule has 0 bridgehead atoms. The van der Waals surface area contributed by atoms with Gasteiger partial charge in [0.25, 0.3) is 0 Å². The van der Waals surface area contributed by atoms with Crippen LogP contribution in [0.1, 0.15) is 5.56 Å². The normalized spacial score (nSPS) is 11.4. The molecule has 0 amide bonds. The second-order valence-corrected chi connectivity index (χ2v) is 5.44. The Labute approximate surface area is 119 Å². The second-order valence-electron chi connectivity index (χ2n) is 3.99. The van der Waals surface area contributed by atoms with Crippen molar-refractivity contribution >= 4 is 38.3 Å². The fourth-order valence-electron chi connectivity index (χ4n) is 1.69. The largest absolute Gasteiger partial charge is 0.230 e. The van der Waals surface area contributed by atoms with Gasteiger partial charge in [-0.2, -0.15) is 5.11 Å². The summed E-state index contributed by atoms with van der Waals surface area (Å²) < 4.78 is 1.03. The molecular formula is C14H10ClN3S. The van der Waals surface area contributed by atoms with Crippen LogP contribution in [0.15, 0.2) is 58.8 Å². The zero-order valence-electron chi connectivity index (χ0n) is 9.95. The summed E-state index contributed by atoms with van der Waals surface area (Å²) >= 11 is 7.43. The Morgan fingerprint density at radius 2 is 1.95 bits per heavy atom. The van der Waals surface area contributed by atoms with Gasteiger partial charge in [-0.3, -0.25) is 0 Å². The van der Waals surface area contributed by atoms with Gasteiger partial charge in [-0.15, -0.1) is 5.11 Å². The number of rotatable bonds is 3. The first kappa shape index (κ1) is 12.3. The van der Waals surface area contributed by atoms with Crippen LogP contribution in [0.2, 0.25) is 5.02 Å². The van der Waals surface area contributed by atoms with E-state index >= 15 is 0 Å². The van der Waals surface area contributed by atoms with Gasteiger partial charge in [0, 0.05) is 5.02 Å². The smallest absolute Gasteiger partial charge is 0.217 e. The predicted octanol–water partition coefficient (Wildman–Crippen LogP) is 5.23. The quantitative estimate of drug-likeness (QED) is 0.607. The number of azo groups is 1. The van der Waals surface area contributed by atoms with Gasteiger partial charge in [0.1, 0.15) is 0 Å². The minimum Gasteiger partial charge on any atom is -0.217 e. The molecule has 0 spiro atoms. The van der Waals surface area contributed by atoms with Gasteiger partial charge < -0.3 is 0 Å². The molecule has 5 heteroatoms. The zero-order chi connectivity index (χ0) is 13.1. The maximum absolute atomic E-state index is 5.94. The molecule has 3 rings (SSSR count). The van der Waals surface area contributed by atoms with Crippen molar-refractivity contribution < 1.29 is 0 Å². The van der Waals surface area contributed by atoms with Gasteiger partial charge in [-0.1, -0.05) is 53.3 Å². The van der Waals surface area contributed by atoms with E-state index in [2.05, 4.69) is 15.2 Å². The fourth-order valence-corrected chi connectivity index (χ4v) is 2.77. The average Bonchev–Trinajstić information content (AvgIpc) is 2.82. The molecule has 1 aromatic heterocycles. The lowest BCUT2D eigenvalue weighted by molar-refractivity contribution is 0.956. The lowest BCUT2D eigenvalue weighted by Crippen LogP contribution is -1.77. The van der Waals surface area contributed by atoms with E-state index in [0.717, 1.165) is 15.8 Å². The highest BCUT2D eigenvalue weighted by Crippen LogP contribution is 2.30. The summed E-state index contributed by atoms with van der Waals surface area (Å²) in [6, 6.07) is 15.6. The minimum atomic E-state index is 0.567. The van der Waals surface area contributed by atoms with Crippen LogP contribution in [0.25, 0.3) is 10.2 Å². The van der Waals surface area contributed by atoms with E-state index in [0.29, 0.717) is 16.7 Å². The Bertz CT molecular complexity index is 722. The highest BCUT2D eigenvalue weighted by Gasteiger charge is 2.02. The zero-order valence-corrected chi connectivity index (χ0v) is 11.5. The van der Waals surface area contributed by atoms with Crippen molar-refractivity contribution in [1.29, 1.82) is 0 Å². The first-order chi connectivity index (χ1) is 9.31. The molecule has 0 saturated heterocycles. The molecule has 3 aromatic rings. The van der Waals surface area contributed by atoms with E-state index in [4.69, 9.17) is 11.6 Å². The number of thiazole rings is 1. The van der Waals surface area contributed by atoms with Gasteiger partial charge in [0.05, 0.1) is 16.8 Å². The van der Waals surface area contributed by atoms with Crippen molar-refractivity contribution in [3.8, 4) is 0 Å². The summed E-state index contributed by atoms with van der Waals surface area (Å²) in [5, 5.41) is 9.70. The number of nitrogens with zero attached hydrogens (tertiary/aromatic N) is 3. The minimum absolute atomic E-state index is 0.567. The molecule has 1 heterocycles. The molecule has 2 aromatic carbocycles. The third kappa shape index (κ3) is 2.97. The monoisotopic (exact) mass is 287 g/mol. The van der Waals surface area contributed by atoms with Gasteiger partial charge >= 0.3 is 0 Å². The number of hydrogen-bond donors (Lipinski definition) is 0. The highest BCUT2D eigenvalue weighted by atomic mass is 35.5. The van der Waals surface area contributed by atoms with Crippen LogP contribution in [-0.2, 0) is 6.54 Å². The second kappa shape index (κ2) is 5.47. The van der Waals surface area contributed by atoms with Crippen molar-refractivity contribution in [2.24, 2.45) is 10.2 Å². The summed E-state index contributed by atoms with van der Waals surface area (Å²) in [7, 11) is 0. The van der Waals surface area contributed by atoms with E-state index in [1.807, 2.05) is 48.5 Å². The van der Waals surface area contributed by atoms with Crippen LogP contribution in [0.5, 0.6) is 0 Å². The Morgan fingerprint density at radius 1 is 1.11 bits per heavy atom. The Hall–Kier alpha value is -1.78. The van der Waals surface area contributed by atoms with E-state index in [9.17, 15) is 0 Å². The summed E-state index contributed by atoms with van der Waals surface area (Å²) in [5.41, 5.74) is 2.04. The number of fused-ring (bicyclic) bond motifs is 1. The van der Waals surface area contributed by atoms with E-state index in [1.54, 1.807) is 0 Å². The highest BCUT2D eigenvalue weighted by molar-refractivity contribution is 7.21. The molecule has 0 N–H and O–H groups in total. The number of benzene rings is 2. The summed E-state index contributed by atoms with van der Waals surface area (Å²) in [4.78, 5) is 4.38. The molecule has 0 aliphatic carbocycles. The molecule has 0 saturated carbocycles. The number of hydrogen-bond acceptors (Lipinski definition) is 4. The topological polar surface area (TPSA) is 37.6 Å². The van der Waals surface area contributed by atoms with Crippen molar-refractivity contribution in [3.05, 3.63) is 59.1 Å². The first-order valence-electron chi connectivity index (χ1n) is 5.79. The standard InChI is InChI=1S/C14H10ClN3S/c15-11-6-7-12-13(8-11)19-14(17-12)18-16-9-10-4-2-1-3-5-10/h1-8H,9H2. The molecule has 94 valence electrons. The SMILES string of the molecule is Clc1ccc2nc(N=NCc3ccccc3)sc2c1. The molecular weight excluding hydrogens is 278 g/mol. The summed E-state index contributed by atoms with van der Waals surface area (Å²) in [5.74, 6) is 0. The van der Waals surface area contributed by atoms with E-state index in [-0.39, 0.29) is 0 Å².